The van der Waals surface area contributed by atoms with Gasteiger partial charge in [-0.3, -0.25) is 19.3 Å². The van der Waals surface area contributed by atoms with Crippen molar-refractivity contribution in [2.24, 2.45) is 0 Å². The molecule has 0 spiro atoms. The highest BCUT2D eigenvalue weighted by atomic mass is 79.9. The summed E-state index contributed by atoms with van der Waals surface area (Å²) in [7, 11) is 1.46. The Labute approximate surface area is 140 Å². The summed E-state index contributed by atoms with van der Waals surface area (Å²) in [5.74, 6) is -1.84. The number of nitrogens with one attached hydrogen (secondary N) is 1. The first kappa shape index (κ1) is 16.9. The van der Waals surface area contributed by atoms with Crippen LogP contribution in [0.3, 0.4) is 0 Å². The third-order valence-corrected chi connectivity index (χ3v) is 3.72. The van der Waals surface area contributed by atoms with Crippen molar-refractivity contribution in [3.8, 4) is 0 Å². The zero-order valence-electron chi connectivity index (χ0n) is 12.2. The lowest BCUT2D eigenvalue weighted by Gasteiger charge is -2.13. The molecular formula is C14H14BrN3O5. The fraction of sp³-hybridized carbons (Fsp3) is 0.286. The maximum absolute atomic E-state index is 11.7. The van der Waals surface area contributed by atoms with Gasteiger partial charge in [-0.15, -0.1) is 0 Å². The van der Waals surface area contributed by atoms with Gasteiger partial charge in [0.25, 0.3) is 11.8 Å². The average molecular weight is 384 g/mol. The molecule has 1 heterocycles. The highest BCUT2D eigenvalue weighted by Crippen LogP contribution is 2.20. The molecule has 1 fully saturated rings. The SMILES string of the molecule is CN1CC(=O)N(CC(=O)OCC(=O)Nc2ccccc2Br)C1=O. The van der Waals surface area contributed by atoms with E-state index in [0.29, 0.717) is 10.2 Å². The highest BCUT2D eigenvalue weighted by Gasteiger charge is 2.35. The van der Waals surface area contributed by atoms with Crippen molar-refractivity contribution in [3.63, 3.8) is 0 Å². The number of likely N-dealkylation sites (N-methyl/N-ethyl adjacent to an activating group) is 1. The van der Waals surface area contributed by atoms with Crippen LogP contribution in [-0.4, -0.2) is 60.4 Å². The lowest BCUT2D eigenvalue weighted by atomic mass is 10.3. The molecule has 1 aromatic rings. The number of carbonyl (C=O) groups excluding carboxylic acids is 4. The van der Waals surface area contributed by atoms with E-state index in [0.717, 1.165) is 4.90 Å². The number of nitrogens with zero attached hydrogens (tertiary/aromatic N) is 2. The summed E-state index contributed by atoms with van der Waals surface area (Å²) >= 11 is 3.27. The predicted octanol–water partition coefficient (Wildman–Crippen LogP) is 0.825. The van der Waals surface area contributed by atoms with Crippen LogP contribution < -0.4 is 5.32 Å². The van der Waals surface area contributed by atoms with Crippen molar-refractivity contribution in [1.82, 2.24) is 9.80 Å². The molecule has 0 atom stereocenters. The molecule has 2 rings (SSSR count). The van der Waals surface area contributed by atoms with Gasteiger partial charge in [-0.1, -0.05) is 12.1 Å². The van der Waals surface area contributed by atoms with E-state index in [4.69, 9.17) is 4.74 Å². The van der Waals surface area contributed by atoms with Gasteiger partial charge < -0.3 is 15.0 Å². The van der Waals surface area contributed by atoms with Gasteiger partial charge in [0.1, 0.15) is 13.1 Å². The van der Waals surface area contributed by atoms with Crippen molar-refractivity contribution in [1.29, 1.82) is 0 Å². The first-order chi connectivity index (χ1) is 10.9. The highest BCUT2D eigenvalue weighted by molar-refractivity contribution is 9.10. The number of hydrogen-bond acceptors (Lipinski definition) is 5. The van der Waals surface area contributed by atoms with E-state index in [1.165, 1.54) is 11.9 Å². The summed E-state index contributed by atoms with van der Waals surface area (Å²) in [5.41, 5.74) is 0.542. The second-order valence-corrected chi connectivity index (χ2v) is 5.66. The minimum Gasteiger partial charge on any atom is -0.454 e. The standard InChI is InChI=1S/C14H14BrN3O5/c1-17-6-12(20)18(14(17)22)7-13(21)23-8-11(19)16-10-5-3-2-4-9(10)15/h2-5H,6-8H2,1H3,(H,16,19). The van der Waals surface area contributed by atoms with Gasteiger partial charge >= 0.3 is 12.0 Å². The molecule has 9 heteroatoms. The van der Waals surface area contributed by atoms with Gasteiger partial charge in [0, 0.05) is 11.5 Å². The largest absolute Gasteiger partial charge is 0.454 e. The number of imide groups is 1. The molecule has 1 aromatic carbocycles. The van der Waals surface area contributed by atoms with Crippen molar-refractivity contribution in [3.05, 3.63) is 28.7 Å². The molecule has 122 valence electrons. The molecule has 1 saturated heterocycles. The van der Waals surface area contributed by atoms with Crippen LogP contribution >= 0.6 is 15.9 Å². The molecule has 0 aliphatic carbocycles. The Bertz CT molecular complexity index is 664. The number of esters is 1. The van der Waals surface area contributed by atoms with E-state index in [1.54, 1.807) is 24.3 Å². The summed E-state index contributed by atoms with van der Waals surface area (Å²) in [4.78, 5) is 48.5. The molecular weight excluding hydrogens is 370 g/mol. The van der Waals surface area contributed by atoms with Crippen LogP contribution in [0.4, 0.5) is 10.5 Å². The number of anilines is 1. The van der Waals surface area contributed by atoms with Crippen LogP contribution in [0.5, 0.6) is 0 Å². The summed E-state index contributed by atoms with van der Waals surface area (Å²) in [6, 6.07) is 6.41. The predicted molar refractivity (Wildman–Crippen MR) is 83.5 cm³/mol. The monoisotopic (exact) mass is 383 g/mol. The number of halogens is 1. The fourth-order valence-corrected chi connectivity index (χ4v) is 2.28. The molecule has 4 amide bonds. The Balaban J connectivity index is 1.80. The molecule has 8 nitrogen and oxygen atoms in total. The Morgan fingerprint density at radius 3 is 2.61 bits per heavy atom. The summed E-state index contributed by atoms with van der Waals surface area (Å²) in [6.45, 7) is -1.09. The summed E-state index contributed by atoms with van der Waals surface area (Å²) in [6.07, 6.45) is 0. The van der Waals surface area contributed by atoms with Crippen LogP contribution in [0.2, 0.25) is 0 Å². The minimum absolute atomic E-state index is 0.0748. The number of carbonyl (C=O) groups is 4. The van der Waals surface area contributed by atoms with Crippen LogP contribution in [0.25, 0.3) is 0 Å². The first-order valence-corrected chi connectivity index (χ1v) is 7.43. The topological polar surface area (TPSA) is 96.0 Å². The maximum Gasteiger partial charge on any atom is 0.327 e. The van der Waals surface area contributed by atoms with Crippen LogP contribution in [0, 0.1) is 0 Å². The molecule has 0 saturated carbocycles. The van der Waals surface area contributed by atoms with Crippen LogP contribution in [0.15, 0.2) is 28.7 Å². The number of amides is 4. The zero-order valence-corrected chi connectivity index (χ0v) is 13.8. The number of benzene rings is 1. The Kier molecular flexibility index (Phi) is 5.32. The van der Waals surface area contributed by atoms with Crippen molar-refractivity contribution >= 4 is 45.4 Å². The third-order valence-electron chi connectivity index (χ3n) is 3.03. The van der Waals surface area contributed by atoms with Crippen molar-refractivity contribution in [2.45, 2.75) is 0 Å². The molecule has 1 aliphatic heterocycles. The van der Waals surface area contributed by atoms with Crippen molar-refractivity contribution in [2.75, 3.05) is 32.1 Å². The van der Waals surface area contributed by atoms with Gasteiger partial charge in [0.15, 0.2) is 6.61 Å². The third kappa shape index (κ3) is 4.28. The maximum atomic E-state index is 11.7. The number of para-hydroxylation sites is 1. The number of ether oxygens (including phenoxy) is 1. The summed E-state index contributed by atoms with van der Waals surface area (Å²) in [5, 5.41) is 2.57. The normalized spacial score (nSPS) is 14.2. The molecule has 0 unspecified atom stereocenters. The second-order valence-electron chi connectivity index (χ2n) is 4.81. The molecule has 1 N–H and O–H groups in total. The minimum atomic E-state index is -0.829. The number of hydrogen-bond donors (Lipinski definition) is 1. The van der Waals surface area contributed by atoms with Gasteiger partial charge in [-0.05, 0) is 28.1 Å². The lowest BCUT2D eigenvalue weighted by Crippen LogP contribution is -2.37. The van der Waals surface area contributed by atoms with E-state index in [-0.39, 0.29) is 6.54 Å². The van der Waals surface area contributed by atoms with Crippen molar-refractivity contribution < 1.29 is 23.9 Å². The quantitative estimate of drug-likeness (QED) is 0.599. The van der Waals surface area contributed by atoms with Gasteiger partial charge in [-0.2, -0.15) is 0 Å². The van der Waals surface area contributed by atoms with Gasteiger partial charge in [0.2, 0.25) is 0 Å². The molecule has 0 radical (unpaired) electrons. The molecule has 23 heavy (non-hydrogen) atoms. The molecule has 1 aliphatic rings. The zero-order chi connectivity index (χ0) is 17.0. The van der Waals surface area contributed by atoms with E-state index in [2.05, 4.69) is 21.2 Å². The van der Waals surface area contributed by atoms with E-state index in [1.807, 2.05) is 0 Å². The fourth-order valence-electron chi connectivity index (χ4n) is 1.89. The van der Waals surface area contributed by atoms with Gasteiger partial charge in [-0.25, -0.2) is 4.79 Å². The Morgan fingerprint density at radius 2 is 2.00 bits per heavy atom. The van der Waals surface area contributed by atoms with Crippen LogP contribution in [-0.2, 0) is 19.1 Å². The molecule has 0 bridgehead atoms. The Hall–Kier alpha value is -2.42. The first-order valence-electron chi connectivity index (χ1n) is 6.64. The van der Waals surface area contributed by atoms with E-state index >= 15 is 0 Å². The smallest absolute Gasteiger partial charge is 0.327 e. The average Bonchev–Trinajstić information content (AvgIpc) is 2.74. The van der Waals surface area contributed by atoms with Crippen LogP contribution in [0.1, 0.15) is 0 Å². The Morgan fingerprint density at radius 1 is 1.30 bits per heavy atom. The van der Waals surface area contributed by atoms with E-state index < -0.39 is 37.0 Å². The van der Waals surface area contributed by atoms with Gasteiger partial charge in [0.05, 0.1) is 5.69 Å². The second kappa shape index (κ2) is 7.23. The summed E-state index contributed by atoms with van der Waals surface area (Å²) < 4.78 is 5.47. The number of urea groups is 1. The number of rotatable bonds is 5. The van der Waals surface area contributed by atoms with E-state index in [9.17, 15) is 19.2 Å². The molecule has 0 aromatic heterocycles. The lowest BCUT2D eigenvalue weighted by molar-refractivity contribution is -0.149.